The van der Waals surface area contributed by atoms with E-state index in [0.717, 1.165) is 17.2 Å². The predicted molar refractivity (Wildman–Crippen MR) is 82.5 cm³/mol. The zero-order chi connectivity index (χ0) is 15.5. The molecule has 3 heterocycles. The van der Waals surface area contributed by atoms with Crippen LogP contribution in [0.3, 0.4) is 0 Å². The number of aryl methyl sites for hydroxylation is 3. The lowest BCUT2D eigenvalue weighted by Crippen LogP contribution is -2.44. The van der Waals surface area contributed by atoms with Crippen LogP contribution < -0.4 is 0 Å². The molecule has 1 amide bonds. The van der Waals surface area contributed by atoms with E-state index in [4.69, 9.17) is 9.15 Å². The Labute approximate surface area is 130 Å². The molecule has 2 aromatic rings. The molecule has 0 aromatic carbocycles. The topological polar surface area (TPSA) is 47.6 Å². The highest BCUT2D eigenvalue weighted by atomic mass is 16.5. The fraction of sp³-hybridized carbons (Fsp3) is 0.471. The Morgan fingerprint density at radius 1 is 1.36 bits per heavy atom. The SMILES string of the molecule is Cc1ccc(CCC(=O)N2CCOCC2c2cccn2C)o1. The van der Waals surface area contributed by atoms with Gasteiger partial charge in [-0.2, -0.15) is 0 Å². The summed E-state index contributed by atoms with van der Waals surface area (Å²) in [5, 5.41) is 0. The molecule has 5 heteroatoms. The quantitative estimate of drug-likeness (QED) is 0.871. The average Bonchev–Trinajstić information content (AvgIpc) is 3.13. The summed E-state index contributed by atoms with van der Waals surface area (Å²) >= 11 is 0. The average molecular weight is 302 g/mol. The first-order valence-electron chi connectivity index (χ1n) is 7.69. The zero-order valence-electron chi connectivity index (χ0n) is 13.1. The van der Waals surface area contributed by atoms with Gasteiger partial charge in [0.1, 0.15) is 11.5 Å². The molecule has 1 saturated heterocycles. The van der Waals surface area contributed by atoms with Crippen LogP contribution in [0.2, 0.25) is 0 Å². The standard InChI is InChI=1S/C17H22N2O3/c1-13-5-6-14(22-13)7-8-17(20)19-10-11-21-12-16(19)15-4-3-9-18(15)2/h3-6,9,16H,7-8,10-12H2,1-2H3. The maximum atomic E-state index is 12.6. The molecular weight excluding hydrogens is 280 g/mol. The third-order valence-corrected chi connectivity index (χ3v) is 4.16. The van der Waals surface area contributed by atoms with Crippen LogP contribution in [0, 0.1) is 6.92 Å². The number of hydrogen-bond acceptors (Lipinski definition) is 3. The lowest BCUT2D eigenvalue weighted by molar-refractivity contribution is -0.140. The Bertz CT molecular complexity index is 644. The lowest BCUT2D eigenvalue weighted by atomic mass is 10.1. The Balaban J connectivity index is 1.67. The van der Waals surface area contributed by atoms with Crippen LogP contribution in [-0.2, 0) is 23.0 Å². The van der Waals surface area contributed by atoms with Crippen molar-refractivity contribution >= 4 is 5.91 Å². The Morgan fingerprint density at radius 2 is 2.23 bits per heavy atom. The van der Waals surface area contributed by atoms with Gasteiger partial charge < -0.3 is 18.6 Å². The maximum absolute atomic E-state index is 12.6. The van der Waals surface area contributed by atoms with Gasteiger partial charge in [-0.25, -0.2) is 0 Å². The summed E-state index contributed by atoms with van der Waals surface area (Å²) in [6, 6.07) is 7.92. The van der Waals surface area contributed by atoms with Crippen molar-refractivity contribution in [3.05, 3.63) is 47.7 Å². The van der Waals surface area contributed by atoms with Crippen molar-refractivity contribution in [2.45, 2.75) is 25.8 Å². The molecule has 0 aliphatic carbocycles. The third kappa shape index (κ3) is 3.09. The van der Waals surface area contributed by atoms with E-state index in [1.165, 1.54) is 0 Å². The molecule has 0 radical (unpaired) electrons. The van der Waals surface area contributed by atoms with E-state index >= 15 is 0 Å². The highest BCUT2D eigenvalue weighted by Crippen LogP contribution is 2.25. The number of nitrogens with zero attached hydrogens (tertiary/aromatic N) is 2. The zero-order valence-corrected chi connectivity index (χ0v) is 13.1. The molecule has 1 aliphatic rings. The van der Waals surface area contributed by atoms with Gasteiger partial charge in [-0.15, -0.1) is 0 Å². The molecule has 5 nitrogen and oxygen atoms in total. The van der Waals surface area contributed by atoms with Gasteiger partial charge in [0.2, 0.25) is 5.91 Å². The van der Waals surface area contributed by atoms with E-state index in [2.05, 4.69) is 10.6 Å². The van der Waals surface area contributed by atoms with Crippen molar-refractivity contribution in [3.63, 3.8) is 0 Å². The van der Waals surface area contributed by atoms with Crippen LogP contribution in [0.25, 0.3) is 0 Å². The molecule has 118 valence electrons. The van der Waals surface area contributed by atoms with E-state index in [-0.39, 0.29) is 11.9 Å². The second-order valence-electron chi connectivity index (χ2n) is 5.73. The van der Waals surface area contributed by atoms with Crippen LogP contribution >= 0.6 is 0 Å². The summed E-state index contributed by atoms with van der Waals surface area (Å²) in [7, 11) is 2.00. The molecule has 1 atom stereocenters. The fourth-order valence-electron chi connectivity index (χ4n) is 2.96. The largest absolute Gasteiger partial charge is 0.466 e. The second kappa shape index (κ2) is 6.40. The van der Waals surface area contributed by atoms with E-state index in [1.54, 1.807) is 0 Å². The first kappa shape index (κ1) is 14.9. The summed E-state index contributed by atoms with van der Waals surface area (Å²) in [6.07, 6.45) is 3.11. The molecule has 1 aliphatic heterocycles. The molecule has 22 heavy (non-hydrogen) atoms. The van der Waals surface area contributed by atoms with Crippen molar-refractivity contribution in [2.24, 2.45) is 7.05 Å². The Kier molecular flexibility index (Phi) is 4.34. The third-order valence-electron chi connectivity index (χ3n) is 4.16. The van der Waals surface area contributed by atoms with Gasteiger partial charge in [-0.05, 0) is 31.2 Å². The van der Waals surface area contributed by atoms with Gasteiger partial charge in [0.05, 0.1) is 19.3 Å². The van der Waals surface area contributed by atoms with Gasteiger partial charge in [0, 0.05) is 38.3 Å². The Hall–Kier alpha value is -2.01. The van der Waals surface area contributed by atoms with Crippen molar-refractivity contribution in [1.82, 2.24) is 9.47 Å². The molecule has 0 spiro atoms. The second-order valence-corrected chi connectivity index (χ2v) is 5.73. The molecule has 0 bridgehead atoms. The van der Waals surface area contributed by atoms with Crippen LogP contribution in [0.1, 0.15) is 29.7 Å². The van der Waals surface area contributed by atoms with E-state index in [9.17, 15) is 4.79 Å². The molecule has 0 N–H and O–H groups in total. The lowest BCUT2D eigenvalue weighted by Gasteiger charge is -2.36. The summed E-state index contributed by atoms with van der Waals surface area (Å²) in [5.41, 5.74) is 1.11. The molecule has 1 unspecified atom stereocenters. The molecule has 3 rings (SSSR count). The van der Waals surface area contributed by atoms with Crippen molar-refractivity contribution in [1.29, 1.82) is 0 Å². The number of rotatable bonds is 4. The minimum atomic E-state index is -0.000382. The van der Waals surface area contributed by atoms with Crippen molar-refractivity contribution < 1.29 is 13.9 Å². The van der Waals surface area contributed by atoms with Gasteiger partial charge >= 0.3 is 0 Å². The highest BCUT2D eigenvalue weighted by molar-refractivity contribution is 5.77. The number of carbonyl (C=O) groups excluding carboxylic acids is 1. The smallest absolute Gasteiger partial charge is 0.223 e. The first-order valence-corrected chi connectivity index (χ1v) is 7.69. The minimum absolute atomic E-state index is 0.000382. The van der Waals surface area contributed by atoms with Gasteiger partial charge in [-0.1, -0.05) is 0 Å². The van der Waals surface area contributed by atoms with Crippen molar-refractivity contribution in [2.75, 3.05) is 19.8 Å². The number of ether oxygens (including phenoxy) is 1. The van der Waals surface area contributed by atoms with Gasteiger partial charge in [-0.3, -0.25) is 4.79 Å². The number of hydrogen-bond donors (Lipinski definition) is 0. The molecular formula is C17H22N2O3. The number of carbonyl (C=O) groups is 1. The first-order chi connectivity index (χ1) is 10.6. The van der Waals surface area contributed by atoms with Crippen LogP contribution in [0.15, 0.2) is 34.9 Å². The summed E-state index contributed by atoms with van der Waals surface area (Å²) < 4.78 is 13.2. The van der Waals surface area contributed by atoms with E-state index in [1.807, 2.05) is 43.3 Å². The summed E-state index contributed by atoms with van der Waals surface area (Å²) in [6.45, 7) is 3.72. The van der Waals surface area contributed by atoms with E-state index < -0.39 is 0 Å². The molecule has 0 saturated carbocycles. The Morgan fingerprint density at radius 3 is 2.91 bits per heavy atom. The number of aromatic nitrogens is 1. The summed E-state index contributed by atoms with van der Waals surface area (Å²) in [5.74, 6) is 1.91. The van der Waals surface area contributed by atoms with Gasteiger partial charge in [0.25, 0.3) is 0 Å². The normalized spacial score (nSPS) is 18.6. The molecule has 2 aromatic heterocycles. The van der Waals surface area contributed by atoms with Crippen LogP contribution in [-0.4, -0.2) is 35.1 Å². The summed E-state index contributed by atoms with van der Waals surface area (Å²) in [4.78, 5) is 14.6. The van der Waals surface area contributed by atoms with Crippen LogP contribution in [0.5, 0.6) is 0 Å². The maximum Gasteiger partial charge on any atom is 0.223 e. The van der Waals surface area contributed by atoms with E-state index in [0.29, 0.717) is 32.6 Å². The number of morpholine rings is 1. The highest BCUT2D eigenvalue weighted by Gasteiger charge is 2.29. The number of amides is 1. The molecule has 1 fully saturated rings. The van der Waals surface area contributed by atoms with Gasteiger partial charge in [0.15, 0.2) is 0 Å². The predicted octanol–water partition coefficient (Wildman–Crippen LogP) is 2.46. The fourth-order valence-corrected chi connectivity index (χ4v) is 2.96. The van der Waals surface area contributed by atoms with Crippen LogP contribution in [0.4, 0.5) is 0 Å². The monoisotopic (exact) mass is 302 g/mol. The minimum Gasteiger partial charge on any atom is -0.466 e. The van der Waals surface area contributed by atoms with Crippen molar-refractivity contribution in [3.8, 4) is 0 Å². The number of furan rings is 1.